The van der Waals surface area contributed by atoms with Crippen LogP contribution in [-0.2, 0) is 10.1 Å². The lowest BCUT2D eigenvalue weighted by Crippen LogP contribution is -2.07. The van der Waals surface area contributed by atoms with Gasteiger partial charge in [-0.15, -0.1) is 0 Å². The van der Waals surface area contributed by atoms with Crippen molar-refractivity contribution in [2.24, 2.45) is 4.99 Å². The Morgan fingerprint density at radius 1 is 1.41 bits per heavy atom. The van der Waals surface area contributed by atoms with Crippen molar-refractivity contribution in [3.05, 3.63) is 27.7 Å². The van der Waals surface area contributed by atoms with Crippen molar-refractivity contribution < 1.29 is 18.1 Å². The smallest absolute Gasteiger partial charge is 0.143 e. The molecule has 0 atom stereocenters. The van der Waals surface area contributed by atoms with Gasteiger partial charge < -0.3 is 9.66 Å². The number of halogens is 2. The summed E-state index contributed by atoms with van der Waals surface area (Å²) >= 11 is 11.4. The molecule has 17 heavy (non-hydrogen) atoms. The van der Waals surface area contributed by atoms with Gasteiger partial charge in [0.25, 0.3) is 0 Å². The molecule has 0 aliphatic rings. The standard InChI is InChI=1S/C9H9Cl2NO4S/c10-7-3-6(9(13)8(11)4-7)5-12-1-2-17(14,15)16/h3-5,13H,1-2H2,(H,14,15,16)/p-1. The number of aliphatic imine (C=N–C) groups is 1. The molecule has 0 amide bonds. The predicted molar refractivity (Wildman–Crippen MR) is 65.2 cm³/mol. The maximum Gasteiger partial charge on any atom is 0.143 e. The van der Waals surface area contributed by atoms with E-state index in [0.29, 0.717) is 5.02 Å². The van der Waals surface area contributed by atoms with Gasteiger partial charge in [0.1, 0.15) is 5.75 Å². The molecule has 1 aromatic rings. The SMILES string of the molecule is O=S(=O)([O-])CCN=Cc1cc(Cl)cc(Cl)c1O. The first-order chi connectivity index (χ1) is 7.79. The number of phenols is 1. The van der Waals surface area contributed by atoms with E-state index in [1.54, 1.807) is 0 Å². The zero-order valence-corrected chi connectivity index (χ0v) is 10.8. The van der Waals surface area contributed by atoms with Crippen LogP contribution >= 0.6 is 23.2 Å². The second-order valence-electron chi connectivity index (χ2n) is 3.12. The summed E-state index contributed by atoms with van der Waals surface area (Å²) in [5.74, 6) is -0.803. The molecule has 0 saturated carbocycles. The number of rotatable bonds is 4. The highest BCUT2D eigenvalue weighted by molar-refractivity contribution is 7.85. The Hall–Kier alpha value is -0.820. The number of phenolic OH excluding ortho intramolecular Hbond substituents is 1. The van der Waals surface area contributed by atoms with E-state index in [0.717, 1.165) is 0 Å². The number of benzene rings is 1. The third-order valence-corrected chi connectivity index (χ3v) is 2.95. The van der Waals surface area contributed by atoms with Gasteiger partial charge in [0, 0.05) is 16.8 Å². The molecule has 0 radical (unpaired) electrons. The molecule has 0 aromatic heterocycles. The van der Waals surface area contributed by atoms with Crippen LogP contribution in [0.25, 0.3) is 0 Å². The van der Waals surface area contributed by atoms with Gasteiger partial charge >= 0.3 is 0 Å². The van der Waals surface area contributed by atoms with Gasteiger partial charge in [-0.05, 0) is 12.1 Å². The molecule has 94 valence electrons. The molecule has 1 N–H and O–H groups in total. The maximum atomic E-state index is 10.3. The molecule has 0 aliphatic carbocycles. The van der Waals surface area contributed by atoms with Crippen molar-refractivity contribution >= 4 is 39.5 Å². The van der Waals surface area contributed by atoms with Crippen LogP contribution in [0.5, 0.6) is 5.75 Å². The van der Waals surface area contributed by atoms with Crippen molar-refractivity contribution in [2.45, 2.75) is 0 Å². The molecule has 8 heteroatoms. The van der Waals surface area contributed by atoms with E-state index in [1.165, 1.54) is 18.3 Å². The Morgan fingerprint density at radius 3 is 2.65 bits per heavy atom. The van der Waals surface area contributed by atoms with E-state index in [1.807, 2.05) is 0 Å². The number of nitrogens with zero attached hydrogens (tertiary/aromatic N) is 1. The highest BCUT2D eigenvalue weighted by Crippen LogP contribution is 2.29. The quantitative estimate of drug-likeness (QED) is 0.676. The molecular weight excluding hydrogens is 289 g/mol. The topological polar surface area (TPSA) is 89.8 Å². The van der Waals surface area contributed by atoms with E-state index in [4.69, 9.17) is 23.2 Å². The molecule has 0 aliphatic heterocycles. The lowest BCUT2D eigenvalue weighted by Gasteiger charge is -2.04. The highest BCUT2D eigenvalue weighted by Gasteiger charge is 2.05. The molecule has 0 unspecified atom stereocenters. The maximum absolute atomic E-state index is 10.3. The van der Waals surface area contributed by atoms with Gasteiger partial charge in [-0.3, -0.25) is 4.99 Å². The lowest BCUT2D eigenvalue weighted by atomic mass is 10.2. The fourth-order valence-electron chi connectivity index (χ4n) is 1.01. The number of hydrogen-bond acceptors (Lipinski definition) is 5. The number of hydrogen-bond donors (Lipinski definition) is 1. The zero-order valence-electron chi connectivity index (χ0n) is 8.43. The summed E-state index contributed by atoms with van der Waals surface area (Å²) in [5.41, 5.74) is 0.255. The Kier molecular flexibility index (Phi) is 4.76. The first-order valence-corrected chi connectivity index (χ1v) is 6.74. The second-order valence-corrected chi connectivity index (χ2v) is 5.49. The molecule has 1 aromatic carbocycles. The minimum Gasteiger partial charge on any atom is -0.748 e. The Balaban J connectivity index is 2.78. The van der Waals surface area contributed by atoms with Crippen molar-refractivity contribution in [3.63, 3.8) is 0 Å². The van der Waals surface area contributed by atoms with Crippen LogP contribution in [0.15, 0.2) is 17.1 Å². The Morgan fingerprint density at radius 2 is 2.06 bits per heavy atom. The van der Waals surface area contributed by atoms with Gasteiger partial charge in [-0.2, -0.15) is 0 Å². The highest BCUT2D eigenvalue weighted by atomic mass is 35.5. The predicted octanol–water partition coefficient (Wildman–Crippen LogP) is 1.66. The molecule has 0 heterocycles. The average molecular weight is 297 g/mol. The fraction of sp³-hybridized carbons (Fsp3) is 0.222. The van der Waals surface area contributed by atoms with Crippen molar-refractivity contribution in [2.75, 3.05) is 12.3 Å². The summed E-state index contributed by atoms with van der Waals surface area (Å²) in [4.78, 5) is 3.69. The largest absolute Gasteiger partial charge is 0.748 e. The first kappa shape index (κ1) is 14.2. The number of aromatic hydroxyl groups is 1. The van der Waals surface area contributed by atoms with E-state index in [9.17, 15) is 18.1 Å². The van der Waals surface area contributed by atoms with E-state index in [2.05, 4.69) is 4.99 Å². The fourth-order valence-corrected chi connectivity index (χ4v) is 1.85. The Labute approximate surface area is 108 Å². The van der Waals surface area contributed by atoms with Crippen LogP contribution in [-0.4, -0.2) is 36.6 Å². The molecule has 0 saturated heterocycles. The van der Waals surface area contributed by atoms with Crippen molar-refractivity contribution in [1.29, 1.82) is 0 Å². The van der Waals surface area contributed by atoms with E-state index < -0.39 is 15.9 Å². The lowest BCUT2D eigenvalue weighted by molar-refractivity contribution is 0.463. The monoisotopic (exact) mass is 296 g/mol. The van der Waals surface area contributed by atoms with Gasteiger partial charge in [0.05, 0.1) is 27.4 Å². The molecule has 0 fully saturated rings. The molecule has 1 rings (SSSR count). The van der Waals surface area contributed by atoms with Crippen LogP contribution in [0.1, 0.15) is 5.56 Å². The van der Waals surface area contributed by atoms with Gasteiger partial charge in [-0.1, -0.05) is 23.2 Å². The third kappa shape index (κ3) is 4.91. The summed E-state index contributed by atoms with van der Waals surface area (Å²) < 4.78 is 30.9. The average Bonchev–Trinajstić information content (AvgIpc) is 2.18. The zero-order chi connectivity index (χ0) is 13.1. The van der Waals surface area contributed by atoms with Crippen molar-refractivity contribution in [3.8, 4) is 5.75 Å². The summed E-state index contributed by atoms with van der Waals surface area (Å²) in [6.07, 6.45) is 1.21. The minimum atomic E-state index is -4.28. The van der Waals surface area contributed by atoms with E-state index in [-0.39, 0.29) is 22.9 Å². The third-order valence-electron chi connectivity index (χ3n) is 1.76. The van der Waals surface area contributed by atoms with Crippen LogP contribution in [0, 0.1) is 0 Å². The molecule has 0 spiro atoms. The second kappa shape index (κ2) is 5.68. The summed E-state index contributed by atoms with van der Waals surface area (Å²) in [7, 11) is -4.28. The summed E-state index contributed by atoms with van der Waals surface area (Å²) in [6.45, 7) is -0.185. The van der Waals surface area contributed by atoms with Crippen LogP contribution < -0.4 is 0 Å². The molecule has 5 nitrogen and oxygen atoms in total. The van der Waals surface area contributed by atoms with E-state index >= 15 is 0 Å². The van der Waals surface area contributed by atoms with Crippen LogP contribution in [0.2, 0.25) is 10.0 Å². The van der Waals surface area contributed by atoms with Gasteiger partial charge in [0.15, 0.2) is 0 Å². The van der Waals surface area contributed by atoms with Gasteiger partial charge in [0.2, 0.25) is 0 Å². The summed E-state index contributed by atoms with van der Waals surface area (Å²) in [5, 5.41) is 9.90. The van der Waals surface area contributed by atoms with Crippen LogP contribution in [0.4, 0.5) is 0 Å². The summed E-state index contributed by atoms with van der Waals surface area (Å²) in [6, 6.07) is 2.77. The Bertz CT molecular complexity index is 542. The molecular formula is C9H8Cl2NO4S-. The minimum absolute atomic E-state index is 0.0652. The van der Waals surface area contributed by atoms with Crippen LogP contribution in [0.3, 0.4) is 0 Å². The first-order valence-electron chi connectivity index (χ1n) is 4.41. The van der Waals surface area contributed by atoms with Gasteiger partial charge in [-0.25, -0.2) is 8.42 Å². The molecule has 0 bridgehead atoms. The van der Waals surface area contributed by atoms with Crippen molar-refractivity contribution in [1.82, 2.24) is 0 Å². The normalized spacial score (nSPS) is 12.2.